The summed E-state index contributed by atoms with van der Waals surface area (Å²) in [6.07, 6.45) is 6.03. The zero-order valence-corrected chi connectivity index (χ0v) is 38.3. The van der Waals surface area contributed by atoms with Crippen molar-refractivity contribution in [2.75, 3.05) is 7.11 Å². The van der Waals surface area contributed by atoms with Gasteiger partial charge in [0, 0.05) is 61.6 Å². The maximum atomic E-state index is 15.4. The van der Waals surface area contributed by atoms with E-state index < -0.39 is 28.8 Å². The number of fused-ring (bicyclic) bond motifs is 2. The minimum absolute atomic E-state index is 0.0764. The Hall–Kier alpha value is -6.39. The average Bonchev–Trinajstić information content (AvgIpc) is 3.26. The molecule has 17 heteroatoms. The van der Waals surface area contributed by atoms with Gasteiger partial charge in [-0.3, -0.25) is 19.0 Å². The van der Waals surface area contributed by atoms with Crippen molar-refractivity contribution in [2.24, 2.45) is 0 Å². The molecule has 0 bridgehead atoms. The average molecular weight is 913 g/mol. The van der Waals surface area contributed by atoms with E-state index in [2.05, 4.69) is 30.1 Å². The normalized spacial score (nSPS) is 16.9. The van der Waals surface area contributed by atoms with Crippen LogP contribution in [-0.4, -0.2) is 64.6 Å². The van der Waals surface area contributed by atoms with Crippen LogP contribution in [0, 0.1) is 27.7 Å². The lowest BCUT2D eigenvalue weighted by Gasteiger charge is -2.30. The van der Waals surface area contributed by atoms with Gasteiger partial charge in [0.2, 0.25) is 34.5 Å². The van der Waals surface area contributed by atoms with Gasteiger partial charge in [0.1, 0.15) is 16.7 Å². The first-order valence-corrected chi connectivity index (χ1v) is 22.0. The third kappa shape index (κ3) is 10.7. The maximum absolute atomic E-state index is 15.4. The van der Waals surface area contributed by atoms with E-state index in [-0.39, 0.29) is 73.4 Å². The maximum Gasteiger partial charge on any atom is 0.248 e. The number of aryl methyl sites for hydroxylation is 4. The fourth-order valence-electron chi connectivity index (χ4n) is 8.19. The lowest BCUT2D eigenvalue weighted by Crippen LogP contribution is -2.29. The van der Waals surface area contributed by atoms with Gasteiger partial charge < -0.3 is 9.47 Å². The number of aromatic nitrogens is 8. The van der Waals surface area contributed by atoms with Gasteiger partial charge in [-0.2, -0.15) is 10.2 Å². The van der Waals surface area contributed by atoms with Crippen LogP contribution in [0.15, 0.2) is 58.4 Å². The van der Waals surface area contributed by atoms with Crippen LogP contribution in [0.4, 0.5) is 22.0 Å². The second kappa shape index (κ2) is 19.2. The van der Waals surface area contributed by atoms with Crippen molar-refractivity contribution in [3.8, 4) is 11.8 Å². The Morgan fingerprint density at radius 1 is 0.697 bits per heavy atom. The Balaban J connectivity index is 0.000000197. The molecule has 0 aromatic carbocycles. The largest absolute Gasteiger partial charge is 0.481 e. The third-order valence-electron chi connectivity index (χ3n) is 12.1. The molecule has 0 aliphatic heterocycles. The molecule has 6 aromatic heterocycles. The third-order valence-corrected chi connectivity index (χ3v) is 12.1. The van der Waals surface area contributed by atoms with Gasteiger partial charge in [0.25, 0.3) is 0 Å². The quantitative estimate of drug-likeness (QED) is 0.129. The summed E-state index contributed by atoms with van der Waals surface area (Å²) in [6, 6.07) is 9.77. The molecule has 6 aromatic rings. The second-order valence-corrected chi connectivity index (χ2v) is 17.5. The Bertz CT molecular complexity index is 2960. The van der Waals surface area contributed by atoms with Crippen molar-refractivity contribution in [3.05, 3.63) is 114 Å². The van der Waals surface area contributed by atoms with Crippen molar-refractivity contribution in [2.45, 2.75) is 130 Å². The molecule has 0 N–H and O–H groups in total. The van der Waals surface area contributed by atoms with E-state index in [4.69, 9.17) is 9.47 Å². The highest BCUT2D eigenvalue weighted by atomic mass is 19.3. The van der Waals surface area contributed by atoms with E-state index in [0.717, 1.165) is 22.4 Å². The number of methoxy groups -OCH3 is 1. The molecule has 0 saturated heterocycles. The molecule has 348 valence electrons. The second-order valence-electron chi connectivity index (χ2n) is 17.5. The first-order chi connectivity index (χ1) is 31.2. The molecule has 0 radical (unpaired) electrons. The predicted octanol–water partition coefficient (Wildman–Crippen LogP) is 10.9. The van der Waals surface area contributed by atoms with Crippen LogP contribution in [0.2, 0.25) is 0 Å². The van der Waals surface area contributed by atoms with Crippen molar-refractivity contribution in [1.29, 1.82) is 0 Å². The number of halogens is 5. The van der Waals surface area contributed by atoms with Crippen molar-refractivity contribution < 1.29 is 31.4 Å². The fourth-order valence-corrected chi connectivity index (χ4v) is 8.19. The summed E-state index contributed by atoms with van der Waals surface area (Å²) in [5.41, 5.74) is 5.44. The number of hydrogen-bond donors (Lipinski definition) is 0. The number of allylic oxidation sites excluding steroid dienone is 1. The summed E-state index contributed by atoms with van der Waals surface area (Å²) >= 11 is 0. The number of pyridine rings is 4. The molecule has 2 aliphatic rings. The van der Waals surface area contributed by atoms with Crippen LogP contribution in [0.3, 0.4) is 0 Å². The minimum atomic E-state index is -2.72. The highest BCUT2D eigenvalue weighted by molar-refractivity contribution is 5.84. The van der Waals surface area contributed by atoms with Crippen LogP contribution in [0.1, 0.15) is 129 Å². The van der Waals surface area contributed by atoms with Crippen molar-refractivity contribution in [1.82, 2.24) is 39.5 Å². The number of ether oxygens (including phenoxy) is 2. The number of nitrogens with zero attached hydrogens (tertiary/aromatic N) is 8. The molecule has 0 unspecified atom stereocenters. The van der Waals surface area contributed by atoms with Crippen LogP contribution in [0.25, 0.3) is 45.6 Å². The number of alkyl halides is 4. The van der Waals surface area contributed by atoms with E-state index in [9.17, 15) is 27.2 Å². The molecule has 0 atom stereocenters. The van der Waals surface area contributed by atoms with Crippen molar-refractivity contribution in [3.63, 3.8) is 0 Å². The molecular weight excluding hydrogens is 860 g/mol. The Morgan fingerprint density at radius 3 is 1.62 bits per heavy atom. The summed E-state index contributed by atoms with van der Waals surface area (Å²) < 4.78 is 84.5. The van der Waals surface area contributed by atoms with E-state index in [1.54, 1.807) is 48.1 Å². The van der Waals surface area contributed by atoms with Gasteiger partial charge in [-0.15, -0.1) is 0 Å². The first kappa shape index (κ1) is 47.6. The van der Waals surface area contributed by atoms with Gasteiger partial charge in [-0.25, -0.2) is 41.9 Å². The Labute approximate surface area is 378 Å². The lowest BCUT2D eigenvalue weighted by atomic mass is 9.92. The summed E-state index contributed by atoms with van der Waals surface area (Å²) in [6.45, 7) is 12.9. The summed E-state index contributed by atoms with van der Waals surface area (Å²) in [7, 11) is 1.54. The number of rotatable bonds is 9. The SMILES string of the molecule is COc1cc(/C=C(\C)c2nn(C3CCC(F)(F)CC3)c3cc(C)c(C)nc3c2=O)ccn1.Cc1cc2c(nc1C)c(=O)c(/C(F)=C/c1ccnc(OC(C)C)c1)nn2C1CCC(F)(F)CC1. The van der Waals surface area contributed by atoms with Crippen LogP contribution in [0.5, 0.6) is 11.8 Å². The topological polar surface area (TPSA) is 140 Å². The van der Waals surface area contributed by atoms with E-state index in [0.29, 0.717) is 58.0 Å². The van der Waals surface area contributed by atoms with Gasteiger partial charge in [0.05, 0.1) is 36.3 Å². The zero-order chi connectivity index (χ0) is 47.7. The Morgan fingerprint density at radius 2 is 1.14 bits per heavy atom. The first-order valence-electron chi connectivity index (χ1n) is 22.0. The highest BCUT2D eigenvalue weighted by Crippen LogP contribution is 2.40. The fraction of sp³-hybridized carbons (Fsp3) is 0.429. The minimum Gasteiger partial charge on any atom is -0.481 e. The van der Waals surface area contributed by atoms with Gasteiger partial charge in [-0.1, -0.05) is 0 Å². The van der Waals surface area contributed by atoms with E-state index in [1.807, 2.05) is 53.7 Å². The summed E-state index contributed by atoms with van der Waals surface area (Å²) in [4.78, 5) is 43.7. The Kier molecular flexibility index (Phi) is 13.9. The molecule has 0 spiro atoms. The van der Waals surface area contributed by atoms with Crippen LogP contribution >= 0.6 is 0 Å². The predicted molar refractivity (Wildman–Crippen MR) is 245 cm³/mol. The van der Waals surface area contributed by atoms with Crippen LogP contribution < -0.4 is 20.3 Å². The van der Waals surface area contributed by atoms with E-state index in [1.165, 1.54) is 24.1 Å². The van der Waals surface area contributed by atoms with Crippen molar-refractivity contribution >= 4 is 45.6 Å². The van der Waals surface area contributed by atoms with E-state index >= 15 is 4.39 Å². The lowest BCUT2D eigenvalue weighted by molar-refractivity contribution is -0.0452. The molecule has 6 heterocycles. The highest BCUT2D eigenvalue weighted by Gasteiger charge is 2.38. The summed E-state index contributed by atoms with van der Waals surface area (Å²) in [5, 5.41) is 9.02. The molecule has 12 nitrogen and oxygen atoms in total. The standard InChI is InChI=1S/C25H27F3N4O2.C24H26F2N4O2/c1-14(2)34-21-13-17(7-10-29-21)12-19(26)22-24(33)23-20(11-15(3)16(4)30-23)32(31-22)18-5-8-25(27,28)9-6-18;1-14-12-19-22(28-16(14)3)23(31)21(15(2)11-17-7-10-27-20(13-17)32-4)29-30(19)18-5-8-24(25,26)9-6-18/h7,10-14,18H,5-6,8-9H2,1-4H3;7,10-13,18H,5-6,8-9H2,1-4H3/b19-12-;15-11+. The molecule has 0 amide bonds. The molecule has 2 aliphatic carbocycles. The summed E-state index contributed by atoms with van der Waals surface area (Å²) in [5.74, 6) is -5.41. The molecular formula is C49H53F5N8O4. The smallest absolute Gasteiger partial charge is 0.248 e. The molecule has 8 rings (SSSR count). The zero-order valence-electron chi connectivity index (χ0n) is 38.3. The number of hydrogen-bond acceptors (Lipinski definition) is 10. The van der Waals surface area contributed by atoms with Crippen LogP contribution in [-0.2, 0) is 0 Å². The molecule has 2 fully saturated rings. The molecule has 66 heavy (non-hydrogen) atoms. The van der Waals surface area contributed by atoms with Gasteiger partial charge >= 0.3 is 0 Å². The van der Waals surface area contributed by atoms with Gasteiger partial charge in [-0.05, 0) is 138 Å². The molecule has 2 saturated carbocycles. The monoisotopic (exact) mass is 912 g/mol. The van der Waals surface area contributed by atoms with Gasteiger partial charge in [0.15, 0.2) is 11.5 Å².